The summed E-state index contributed by atoms with van der Waals surface area (Å²) >= 11 is 0. The number of aryl methyl sites for hydroxylation is 1. The number of nitrogens with zero attached hydrogens (tertiary/aromatic N) is 3. The Balaban J connectivity index is 2.34. The molecule has 1 aliphatic rings. The predicted octanol–water partition coefficient (Wildman–Crippen LogP) is -0.0444. The van der Waals surface area contributed by atoms with E-state index < -0.39 is 10.0 Å². The molecule has 1 unspecified atom stereocenters. The van der Waals surface area contributed by atoms with Crippen LogP contribution < -0.4 is 0 Å². The van der Waals surface area contributed by atoms with Crippen molar-refractivity contribution in [3.63, 3.8) is 0 Å². The van der Waals surface area contributed by atoms with E-state index in [1.54, 1.807) is 7.05 Å². The highest BCUT2D eigenvalue weighted by Gasteiger charge is 2.34. The van der Waals surface area contributed by atoms with Crippen molar-refractivity contribution in [3.8, 4) is 0 Å². The van der Waals surface area contributed by atoms with Gasteiger partial charge in [-0.25, -0.2) is 8.42 Å². The van der Waals surface area contributed by atoms with E-state index in [0.29, 0.717) is 13.0 Å². The Hall–Kier alpha value is -0.920. The molecule has 96 valence electrons. The van der Waals surface area contributed by atoms with Gasteiger partial charge in [-0.05, 0) is 18.9 Å². The fraction of sp³-hybridized carbons (Fsp3) is 0.700. The molecule has 0 radical (unpaired) electrons. The van der Waals surface area contributed by atoms with Crippen molar-refractivity contribution < 1.29 is 13.5 Å². The van der Waals surface area contributed by atoms with E-state index in [1.165, 1.54) is 21.3 Å². The summed E-state index contributed by atoms with van der Waals surface area (Å²) in [5.41, 5.74) is 0. The first-order valence-corrected chi connectivity index (χ1v) is 7.12. The summed E-state index contributed by atoms with van der Waals surface area (Å²) in [6.45, 7) is 0.343. The molecule has 0 spiro atoms. The van der Waals surface area contributed by atoms with Crippen molar-refractivity contribution in [2.24, 2.45) is 7.05 Å². The molecular formula is C10H17N3O3S. The summed E-state index contributed by atoms with van der Waals surface area (Å²) in [5, 5.41) is 13.3. The van der Waals surface area contributed by atoms with Crippen molar-refractivity contribution in [3.05, 3.63) is 12.3 Å². The molecule has 0 aromatic carbocycles. The summed E-state index contributed by atoms with van der Waals surface area (Å²) in [5.74, 6) is 0. The Labute approximate surface area is 101 Å². The van der Waals surface area contributed by atoms with Gasteiger partial charge < -0.3 is 5.11 Å². The Bertz CT molecular complexity index is 483. The van der Waals surface area contributed by atoms with Gasteiger partial charge in [0.15, 0.2) is 5.03 Å². The molecule has 1 fully saturated rings. The number of hydrogen-bond acceptors (Lipinski definition) is 4. The first-order valence-electron chi connectivity index (χ1n) is 5.68. The van der Waals surface area contributed by atoms with Crippen molar-refractivity contribution in [1.82, 2.24) is 14.1 Å². The van der Waals surface area contributed by atoms with Gasteiger partial charge in [0.05, 0.1) is 12.8 Å². The summed E-state index contributed by atoms with van der Waals surface area (Å²) in [7, 11) is -1.93. The minimum atomic E-state index is -3.54. The fourth-order valence-corrected chi connectivity index (χ4v) is 4.00. The molecule has 1 N–H and O–H groups in total. The molecule has 0 amide bonds. The maximum Gasteiger partial charge on any atom is 0.260 e. The molecule has 7 heteroatoms. The van der Waals surface area contributed by atoms with E-state index in [0.717, 1.165) is 12.8 Å². The number of aromatic nitrogens is 2. The second-order valence-electron chi connectivity index (χ2n) is 4.24. The third-order valence-corrected chi connectivity index (χ3v) is 5.16. The Morgan fingerprint density at radius 3 is 2.88 bits per heavy atom. The van der Waals surface area contributed by atoms with Crippen LogP contribution in [0, 0.1) is 0 Å². The van der Waals surface area contributed by atoms with Gasteiger partial charge in [0.25, 0.3) is 10.0 Å². The first-order chi connectivity index (χ1) is 8.07. The molecule has 2 heterocycles. The monoisotopic (exact) mass is 259 g/mol. The molecule has 1 atom stereocenters. The largest absolute Gasteiger partial charge is 0.395 e. The number of aliphatic hydroxyl groups is 1. The zero-order valence-electron chi connectivity index (χ0n) is 9.78. The third kappa shape index (κ3) is 2.22. The van der Waals surface area contributed by atoms with E-state index in [4.69, 9.17) is 0 Å². The predicted molar refractivity (Wildman–Crippen MR) is 61.8 cm³/mol. The van der Waals surface area contributed by atoms with Crippen LogP contribution in [0.4, 0.5) is 0 Å². The maximum absolute atomic E-state index is 12.4. The lowest BCUT2D eigenvalue weighted by Crippen LogP contribution is -2.45. The molecule has 1 aromatic heterocycles. The average molecular weight is 259 g/mol. The number of sulfonamides is 1. The standard InChI is InChI=1S/C10H17N3O3S/c1-12-10(5-6-11-12)17(15,16)13-7-3-2-4-9(13)8-14/h5-6,9,14H,2-4,7-8H2,1H3. The molecule has 1 aromatic rings. The van der Waals surface area contributed by atoms with Gasteiger partial charge in [-0.1, -0.05) is 6.42 Å². The van der Waals surface area contributed by atoms with E-state index in [2.05, 4.69) is 5.10 Å². The van der Waals surface area contributed by atoms with Gasteiger partial charge in [0.2, 0.25) is 0 Å². The van der Waals surface area contributed by atoms with Crippen LogP contribution in [0.3, 0.4) is 0 Å². The van der Waals surface area contributed by atoms with E-state index in [-0.39, 0.29) is 17.7 Å². The van der Waals surface area contributed by atoms with Crippen LogP contribution in [-0.2, 0) is 17.1 Å². The summed E-state index contributed by atoms with van der Waals surface area (Å²) in [6, 6.07) is 1.18. The lowest BCUT2D eigenvalue weighted by molar-refractivity contribution is 0.154. The summed E-state index contributed by atoms with van der Waals surface area (Å²) in [4.78, 5) is 0. The van der Waals surface area contributed by atoms with Crippen LogP contribution in [0.2, 0.25) is 0 Å². The van der Waals surface area contributed by atoms with Crippen molar-refractivity contribution in [2.45, 2.75) is 30.3 Å². The summed E-state index contributed by atoms with van der Waals surface area (Å²) < 4.78 is 27.5. The van der Waals surface area contributed by atoms with Crippen molar-refractivity contribution >= 4 is 10.0 Å². The number of hydrogen-bond donors (Lipinski definition) is 1. The zero-order chi connectivity index (χ0) is 12.5. The number of aliphatic hydroxyl groups excluding tert-OH is 1. The van der Waals surface area contributed by atoms with Crippen LogP contribution >= 0.6 is 0 Å². The van der Waals surface area contributed by atoms with Gasteiger partial charge >= 0.3 is 0 Å². The van der Waals surface area contributed by atoms with E-state index in [9.17, 15) is 13.5 Å². The van der Waals surface area contributed by atoms with Gasteiger partial charge in [0.1, 0.15) is 0 Å². The zero-order valence-corrected chi connectivity index (χ0v) is 10.6. The number of piperidine rings is 1. The van der Waals surface area contributed by atoms with Crippen LogP contribution in [0.25, 0.3) is 0 Å². The molecule has 0 saturated carbocycles. The van der Waals surface area contributed by atoms with Crippen molar-refractivity contribution in [1.29, 1.82) is 0 Å². The molecule has 17 heavy (non-hydrogen) atoms. The highest BCUT2D eigenvalue weighted by Crippen LogP contribution is 2.24. The quantitative estimate of drug-likeness (QED) is 0.826. The Morgan fingerprint density at radius 1 is 1.53 bits per heavy atom. The highest BCUT2D eigenvalue weighted by atomic mass is 32.2. The van der Waals surface area contributed by atoms with Crippen LogP contribution in [0.5, 0.6) is 0 Å². The Morgan fingerprint density at radius 2 is 2.29 bits per heavy atom. The van der Waals surface area contributed by atoms with E-state index >= 15 is 0 Å². The second kappa shape index (κ2) is 4.75. The Kier molecular flexibility index (Phi) is 3.50. The molecular weight excluding hydrogens is 242 g/mol. The highest BCUT2D eigenvalue weighted by molar-refractivity contribution is 7.89. The second-order valence-corrected chi connectivity index (χ2v) is 6.08. The SMILES string of the molecule is Cn1nccc1S(=O)(=O)N1CCCCC1CO. The third-order valence-electron chi connectivity index (χ3n) is 3.13. The molecule has 0 aliphatic carbocycles. The van der Waals surface area contributed by atoms with Gasteiger partial charge in [-0.15, -0.1) is 0 Å². The van der Waals surface area contributed by atoms with Crippen LogP contribution in [0.1, 0.15) is 19.3 Å². The van der Waals surface area contributed by atoms with Gasteiger partial charge in [0, 0.05) is 19.6 Å². The minimum Gasteiger partial charge on any atom is -0.395 e. The topological polar surface area (TPSA) is 75.4 Å². The van der Waals surface area contributed by atoms with Crippen molar-refractivity contribution in [2.75, 3.05) is 13.2 Å². The summed E-state index contributed by atoms with van der Waals surface area (Å²) in [6.07, 6.45) is 3.98. The molecule has 0 bridgehead atoms. The molecule has 6 nitrogen and oxygen atoms in total. The van der Waals surface area contributed by atoms with E-state index in [1.807, 2.05) is 0 Å². The van der Waals surface area contributed by atoms with Crippen LogP contribution in [0.15, 0.2) is 17.3 Å². The van der Waals surface area contributed by atoms with Crippen LogP contribution in [-0.4, -0.2) is 46.8 Å². The first kappa shape index (κ1) is 12.5. The number of rotatable bonds is 3. The average Bonchev–Trinajstić information content (AvgIpc) is 2.76. The maximum atomic E-state index is 12.4. The minimum absolute atomic E-state index is 0.128. The normalized spacial score (nSPS) is 22.8. The van der Waals surface area contributed by atoms with Gasteiger partial charge in [-0.3, -0.25) is 4.68 Å². The lowest BCUT2D eigenvalue weighted by Gasteiger charge is -2.33. The molecule has 2 rings (SSSR count). The fourth-order valence-electron chi connectivity index (χ4n) is 2.21. The molecule has 1 aliphatic heterocycles. The lowest BCUT2D eigenvalue weighted by atomic mass is 10.1. The molecule has 1 saturated heterocycles. The smallest absolute Gasteiger partial charge is 0.260 e. The van der Waals surface area contributed by atoms with Gasteiger partial charge in [-0.2, -0.15) is 9.40 Å².